The van der Waals surface area contributed by atoms with Crippen molar-refractivity contribution in [1.29, 1.82) is 0 Å². The van der Waals surface area contributed by atoms with Crippen LogP contribution in [-0.4, -0.2) is 31.0 Å². The number of ketones is 1. The van der Waals surface area contributed by atoms with Crippen molar-refractivity contribution in [1.82, 2.24) is 19.4 Å². The number of hydrogen-bond donors (Lipinski definition) is 2. The first kappa shape index (κ1) is 23.4. The van der Waals surface area contributed by atoms with Gasteiger partial charge in [-0.2, -0.15) is 0 Å². The quantitative estimate of drug-likeness (QED) is 0.358. The number of amides is 1. The molecule has 36 heavy (non-hydrogen) atoms. The van der Waals surface area contributed by atoms with Crippen molar-refractivity contribution < 1.29 is 9.59 Å². The average molecular weight is 481 g/mol. The van der Waals surface area contributed by atoms with Crippen LogP contribution in [0.4, 0.5) is 11.8 Å². The normalized spacial score (nSPS) is 17.6. The molecule has 3 heterocycles. The highest BCUT2D eigenvalue weighted by molar-refractivity contribution is 6.04. The maximum Gasteiger partial charge on any atom is 0.256 e. The fraction of sp³-hybridized carbons (Fsp3) is 0.250. The van der Waals surface area contributed by atoms with E-state index in [1.807, 2.05) is 28.7 Å². The zero-order valence-electron chi connectivity index (χ0n) is 19.9. The van der Waals surface area contributed by atoms with Gasteiger partial charge in [-0.05, 0) is 61.6 Å². The summed E-state index contributed by atoms with van der Waals surface area (Å²) in [4.78, 5) is 38.1. The molecule has 1 amide bonds. The van der Waals surface area contributed by atoms with E-state index in [2.05, 4.69) is 21.9 Å². The van der Waals surface area contributed by atoms with Crippen molar-refractivity contribution in [2.24, 2.45) is 5.92 Å². The van der Waals surface area contributed by atoms with Crippen LogP contribution in [0.25, 0.3) is 16.9 Å². The lowest BCUT2D eigenvalue weighted by Crippen LogP contribution is -2.17. The second-order valence-corrected chi connectivity index (χ2v) is 9.19. The van der Waals surface area contributed by atoms with Crippen LogP contribution in [-0.2, 0) is 4.79 Å². The van der Waals surface area contributed by atoms with Crippen LogP contribution in [0.3, 0.4) is 0 Å². The summed E-state index contributed by atoms with van der Waals surface area (Å²) in [6.45, 7) is 3.61. The fourth-order valence-electron chi connectivity index (χ4n) is 5.07. The zero-order valence-corrected chi connectivity index (χ0v) is 19.9. The van der Waals surface area contributed by atoms with Crippen LogP contribution in [0.1, 0.15) is 54.1 Å². The van der Waals surface area contributed by atoms with E-state index in [1.54, 1.807) is 36.7 Å². The first-order chi connectivity index (χ1) is 17.5. The molecule has 3 aromatic heterocycles. The Hall–Kier alpha value is -4.33. The maximum atomic E-state index is 12.6. The first-order valence-corrected chi connectivity index (χ1v) is 12.1. The van der Waals surface area contributed by atoms with Gasteiger partial charge in [0.1, 0.15) is 11.6 Å². The summed E-state index contributed by atoms with van der Waals surface area (Å²) in [5.74, 6) is 1.95. The van der Waals surface area contributed by atoms with Gasteiger partial charge in [0.25, 0.3) is 5.91 Å². The van der Waals surface area contributed by atoms with Gasteiger partial charge in [0.05, 0.1) is 11.2 Å². The first-order valence-electron chi connectivity index (χ1n) is 12.1. The molecule has 1 aliphatic carbocycles. The number of fused-ring (bicyclic) bond motifs is 1. The molecule has 2 atom stereocenters. The minimum absolute atomic E-state index is 0.0941. The molecule has 1 aliphatic rings. The molecule has 182 valence electrons. The minimum Gasteiger partial charge on any atom is -0.369 e. The monoisotopic (exact) mass is 480 g/mol. The number of nitrogen functional groups attached to an aromatic ring is 1. The summed E-state index contributed by atoms with van der Waals surface area (Å²) in [6, 6.07) is 14.5. The summed E-state index contributed by atoms with van der Waals surface area (Å²) in [5, 5.41) is 2.79. The van der Waals surface area contributed by atoms with Crippen LogP contribution in [0.15, 0.2) is 73.6 Å². The number of carbonyl (C=O) groups is 2. The fourth-order valence-corrected chi connectivity index (χ4v) is 5.07. The topological polar surface area (TPSA) is 115 Å². The van der Waals surface area contributed by atoms with E-state index in [0.29, 0.717) is 35.5 Å². The number of benzene rings is 1. The second-order valence-electron chi connectivity index (χ2n) is 9.19. The largest absolute Gasteiger partial charge is 0.369 e. The highest BCUT2D eigenvalue weighted by Gasteiger charge is 2.29. The molecular formula is C28H28N6O2. The Kier molecular flexibility index (Phi) is 6.58. The lowest BCUT2D eigenvalue weighted by molar-refractivity contribution is -0.115. The molecule has 0 spiro atoms. The molecule has 1 aromatic carbocycles. The van der Waals surface area contributed by atoms with Crippen molar-refractivity contribution in [3.05, 3.63) is 84.8 Å². The van der Waals surface area contributed by atoms with Crippen molar-refractivity contribution in [2.75, 3.05) is 11.1 Å². The van der Waals surface area contributed by atoms with Crippen LogP contribution in [0, 0.1) is 5.92 Å². The van der Waals surface area contributed by atoms with Crippen molar-refractivity contribution in [3.8, 4) is 11.4 Å². The van der Waals surface area contributed by atoms with E-state index < -0.39 is 0 Å². The Bertz CT molecular complexity index is 1410. The number of nitrogens with two attached hydrogens (primary N) is 1. The van der Waals surface area contributed by atoms with Gasteiger partial charge >= 0.3 is 0 Å². The SMILES string of the molecule is C=CC(=O)CC1CCCC(c2nc(-c3ccc(C(=O)Nc4ccccn4)cc3)n3c(N)nccc23)C1. The van der Waals surface area contributed by atoms with E-state index in [4.69, 9.17) is 10.7 Å². The number of allylic oxidation sites excluding steroid dienone is 1. The Labute approximate surface area is 209 Å². The Morgan fingerprint density at radius 1 is 1.08 bits per heavy atom. The number of rotatable bonds is 7. The second kappa shape index (κ2) is 10.1. The Morgan fingerprint density at radius 2 is 1.92 bits per heavy atom. The highest BCUT2D eigenvalue weighted by Crippen LogP contribution is 2.40. The lowest BCUT2D eigenvalue weighted by atomic mass is 9.77. The van der Waals surface area contributed by atoms with Crippen molar-refractivity contribution in [3.63, 3.8) is 0 Å². The summed E-state index contributed by atoms with van der Waals surface area (Å²) in [6.07, 6.45) is 9.29. The smallest absolute Gasteiger partial charge is 0.256 e. The van der Waals surface area contributed by atoms with Crippen LogP contribution in [0.2, 0.25) is 0 Å². The summed E-state index contributed by atoms with van der Waals surface area (Å²) < 4.78 is 1.87. The molecule has 0 aliphatic heterocycles. The zero-order chi connectivity index (χ0) is 25.1. The minimum atomic E-state index is -0.239. The number of nitrogens with one attached hydrogen (secondary N) is 1. The highest BCUT2D eigenvalue weighted by atomic mass is 16.1. The number of carbonyl (C=O) groups excluding carboxylic acids is 2. The molecule has 8 nitrogen and oxygen atoms in total. The van der Waals surface area contributed by atoms with Gasteiger partial charge in [-0.15, -0.1) is 0 Å². The Balaban J connectivity index is 1.44. The third-order valence-electron chi connectivity index (χ3n) is 6.81. The van der Waals surface area contributed by atoms with E-state index in [-0.39, 0.29) is 17.6 Å². The molecule has 8 heteroatoms. The molecule has 3 N–H and O–H groups in total. The predicted molar refractivity (Wildman–Crippen MR) is 140 cm³/mol. The molecule has 0 saturated heterocycles. The average Bonchev–Trinajstić information content (AvgIpc) is 3.30. The van der Waals surface area contributed by atoms with Gasteiger partial charge in [0.15, 0.2) is 5.78 Å². The molecule has 4 aromatic rings. The van der Waals surface area contributed by atoms with Crippen molar-refractivity contribution >= 4 is 29.0 Å². The molecule has 0 bridgehead atoms. The van der Waals surface area contributed by atoms with Gasteiger partial charge in [-0.25, -0.2) is 15.0 Å². The third-order valence-corrected chi connectivity index (χ3v) is 6.81. The number of hydrogen-bond acceptors (Lipinski definition) is 6. The van der Waals surface area contributed by atoms with Gasteiger partial charge in [0.2, 0.25) is 5.95 Å². The molecule has 1 saturated carbocycles. The van der Waals surface area contributed by atoms with Gasteiger partial charge in [-0.1, -0.05) is 31.2 Å². The summed E-state index contributed by atoms with van der Waals surface area (Å²) in [5.41, 5.74) is 9.55. The summed E-state index contributed by atoms with van der Waals surface area (Å²) in [7, 11) is 0. The van der Waals surface area contributed by atoms with Gasteiger partial charge in [0, 0.05) is 35.9 Å². The molecular weight excluding hydrogens is 452 g/mol. The van der Waals surface area contributed by atoms with E-state index in [9.17, 15) is 9.59 Å². The number of aromatic nitrogens is 4. The van der Waals surface area contributed by atoms with Gasteiger partial charge in [-0.3, -0.25) is 14.0 Å². The molecule has 0 radical (unpaired) electrons. The van der Waals surface area contributed by atoms with Crippen LogP contribution < -0.4 is 11.1 Å². The maximum absolute atomic E-state index is 12.6. The molecule has 1 fully saturated rings. The van der Waals surface area contributed by atoms with E-state index in [1.165, 1.54) is 6.08 Å². The van der Waals surface area contributed by atoms with E-state index in [0.717, 1.165) is 42.5 Å². The number of nitrogens with zero attached hydrogens (tertiary/aromatic N) is 4. The molecule has 2 unspecified atom stereocenters. The number of anilines is 2. The number of imidazole rings is 1. The van der Waals surface area contributed by atoms with Crippen molar-refractivity contribution in [2.45, 2.75) is 38.0 Å². The standard InChI is InChI=1S/C28H28N6O2/c1-2-22(35)17-18-6-5-7-21(16-18)25-23-13-15-31-28(29)34(23)26(33-25)19-9-11-20(12-10-19)27(36)32-24-8-3-4-14-30-24/h2-4,8-15,18,21H,1,5-7,16-17H2,(H2,29,31)(H,30,32,36). The lowest BCUT2D eigenvalue weighted by Gasteiger charge is -2.27. The predicted octanol–water partition coefficient (Wildman–Crippen LogP) is 5.04. The van der Waals surface area contributed by atoms with Crippen LogP contribution >= 0.6 is 0 Å². The van der Waals surface area contributed by atoms with Crippen LogP contribution in [0.5, 0.6) is 0 Å². The molecule has 5 rings (SSSR count). The number of pyridine rings is 1. The summed E-state index contributed by atoms with van der Waals surface area (Å²) >= 11 is 0. The third kappa shape index (κ3) is 4.75. The van der Waals surface area contributed by atoms with Gasteiger partial charge < -0.3 is 11.1 Å². The Morgan fingerprint density at radius 3 is 2.67 bits per heavy atom. The van der Waals surface area contributed by atoms with E-state index >= 15 is 0 Å².